The highest BCUT2D eigenvalue weighted by molar-refractivity contribution is 6.31. The second-order valence-corrected chi connectivity index (χ2v) is 4.53. The lowest BCUT2D eigenvalue weighted by molar-refractivity contribution is 0.101. The summed E-state index contributed by atoms with van der Waals surface area (Å²) in [4.78, 5) is 11.2. The number of rotatable bonds is 4. The van der Waals surface area contributed by atoms with Gasteiger partial charge in [0.05, 0.1) is 0 Å². The van der Waals surface area contributed by atoms with Crippen LogP contribution in [0.5, 0.6) is 11.5 Å². The van der Waals surface area contributed by atoms with Crippen molar-refractivity contribution in [2.75, 3.05) is 0 Å². The van der Waals surface area contributed by atoms with Gasteiger partial charge >= 0.3 is 0 Å². The third-order valence-electron chi connectivity index (χ3n) is 2.71. The maximum absolute atomic E-state index is 11.2. The van der Waals surface area contributed by atoms with Crippen molar-refractivity contribution >= 4 is 17.4 Å². The highest BCUT2D eigenvalue weighted by Gasteiger charge is 2.07. The smallest absolute Gasteiger partial charge is 0.161 e. The van der Waals surface area contributed by atoms with E-state index < -0.39 is 0 Å². The van der Waals surface area contributed by atoms with Crippen molar-refractivity contribution in [1.29, 1.82) is 0 Å². The maximum atomic E-state index is 11.2. The number of carbonyl (C=O) groups is 1. The third kappa shape index (κ3) is 3.26. The molecule has 0 fully saturated rings. The summed E-state index contributed by atoms with van der Waals surface area (Å²) >= 11 is 6.01. The normalized spacial score (nSPS) is 10.2. The van der Waals surface area contributed by atoms with E-state index in [1.807, 2.05) is 18.2 Å². The molecule has 4 heteroatoms. The zero-order valence-corrected chi connectivity index (χ0v) is 11.1. The molecule has 0 saturated carbocycles. The minimum absolute atomic E-state index is 0.0558. The van der Waals surface area contributed by atoms with Crippen LogP contribution in [0.1, 0.15) is 22.8 Å². The molecule has 0 aliphatic carbocycles. The molecule has 0 spiro atoms. The van der Waals surface area contributed by atoms with Crippen LogP contribution in [0.15, 0.2) is 42.5 Å². The molecule has 3 nitrogen and oxygen atoms in total. The molecule has 0 heterocycles. The lowest BCUT2D eigenvalue weighted by Crippen LogP contribution is -1.98. The van der Waals surface area contributed by atoms with Gasteiger partial charge in [-0.15, -0.1) is 0 Å². The van der Waals surface area contributed by atoms with Crippen LogP contribution < -0.4 is 4.74 Å². The van der Waals surface area contributed by atoms with Gasteiger partial charge in [-0.2, -0.15) is 0 Å². The summed E-state index contributed by atoms with van der Waals surface area (Å²) in [5, 5.41) is 10.4. The van der Waals surface area contributed by atoms with Crippen LogP contribution >= 0.6 is 11.6 Å². The number of Topliss-reactive ketones (excluding diaryl/α,β-unsaturated/α-hetero) is 1. The largest absolute Gasteiger partial charge is 0.504 e. The molecule has 0 aliphatic heterocycles. The quantitative estimate of drug-likeness (QED) is 0.864. The van der Waals surface area contributed by atoms with Crippen LogP contribution in [0.4, 0.5) is 0 Å². The topological polar surface area (TPSA) is 46.5 Å². The van der Waals surface area contributed by atoms with E-state index in [0.29, 0.717) is 16.3 Å². The molecule has 0 unspecified atom stereocenters. The molecule has 19 heavy (non-hydrogen) atoms. The first-order valence-electron chi connectivity index (χ1n) is 5.78. The summed E-state index contributed by atoms with van der Waals surface area (Å²) in [5.74, 6) is 0.164. The van der Waals surface area contributed by atoms with E-state index in [2.05, 4.69) is 0 Å². The second-order valence-electron chi connectivity index (χ2n) is 4.12. The van der Waals surface area contributed by atoms with E-state index in [0.717, 1.165) is 5.56 Å². The van der Waals surface area contributed by atoms with Gasteiger partial charge in [-0.25, -0.2) is 0 Å². The maximum Gasteiger partial charge on any atom is 0.161 e. The number of aromatic hydroxyl groups is 1. The Morgan fingerprint density at radius 3 is 2.63 bits per heavy atom. The van der Waals surface area contributed by atoms with E-state index >= 15 is 0 Å². The van der Waals surface area contributed by atoms with E-state index in [1.54, 1.807) is 18.2 Å². The second kappa shape index (κ2) is 5.76. The van der Waals surface area contributed by atoms with E-state index in [9.17, 15) is 9.90 Å². The molecule has 98 valence electrons. The van der Waals surface area contributed by atoms with Gasteiger partial charge in [-0.3, -0.25) is 4.79 Å². The minimum Gasteiger partial charge on any atom is -0.504 e. The van der Waals surface area contributed by atoms with E-state index in [-0.39, 0.29) is 18.1 Å². The van der Waals surface area contributed by atoms with Gasteiger partial charge in [0, 0.05) is 16.1 Å². The number of ketones is 1. The summed E-state index contributed by atoms with van der Waals surface area (Å²) in [6.45, 7) is 1.70. The molecule has 0 aliphatic rings. The van der Waals surface area contributed by atoms with Gasteiger partial charge in [-0.1, -0.05) is 29.8 Å². The molecule has 1 N–H and O–H groups in total. The first-order valence-corrected chi connectivity index (χ1v) is 6.16. The average molecular weight is 277 g/mol. The summed E-state index contributed by atoms with van der Waals surface area (Å²) in [5.41, 5.74) is 1.28. The van der Waals surface area contributed by atoms with Crippen molar-refractivity contribution in [2.45, 2.75) is 13.5 Å². The van der Waals surface area contributed by atoms with Crippen LogP contribution in [0.2, 0.25) is 5.02 Å². The van der Waals surface area contributed by atoms with Crippen molar-refractivity contribution in [2.24, 2.45) is 0 Å². The highest BCUT2D eigenvalue weighted by atomic mass is 35.5. The Labute approximate surface area is 116 Å². The summed E-state index contributed by atoms with van der Waals surface area (Å²) in [6.07, 6.45) is 0. The number of ether oxygens (including phenoxy) is 1. The first kappa shape index (κ1) is 13.4. The van der Waals surface area contributed by atoms with Gasteiger partial charge in [0.25, 0.3) is 0 Å². The third-order valence-corrected chi connectivity index (χ3v) is 3.08. The van der Waals surface area contributed by atoms with Crippen molar-refractivity contribution in [3.8, 4) is 11.5 Å². The Morgan fingerprint density at radius 2 is 2.00 bits per heavy atom. The molecule has 0 bridgehead atoms. The molecular formula is C15H13ClO3. The lowest BCUT2D eigenvalue weighted by Gasteiger charge is -2.09. The molecule has 0 amide bonds. The lowest BCUT2D eigenvalue weighted by atomic mass is 10.1. The average Bonchev–Trinajstić information content (AvgIpc) is 2.39. The zero-order chi connectivity index (χ0) is 13.8. The monoisotopic (exact) mass is 276 g/mol. The molecule has 2 aromatic rings. The van der Waals surface area contributed by atoms with Gasteiger partial charge in [-0.05, 0) is 31.2 Å². The Morgan fingerprint density at radius 1 is 1.26 bits per heavy atom. The number of carbonyl (C=O) groups excluding carboxylic acids is 1. The molecule has 0 aromatic heterocycles. The van der Waals surface area contributed by atoms with Crippen molar-refractivity contribution < 1.29 is 14.6 Å². The van der Waals surface area contributed by atoms with E-state index in [1.165, 1.54) is 13.0 Å². The molecule has 0 atom stereocenters. The Hall–Kier alpha value is -2.00. The number of hydrogen-bond donors (Lipinski definition) is 1. The van der Waals surface area contributed by atoms with Crippen molar-refractivity contribution in [3.05, 3.63) is 58.6 Å². The standard InChI is InChI=1S/C15H13ClO3/c1-10(17)11-6-7-15(14(18)8-11)19-9-12-4-2-3-5-13(12)16/h2-8,18H,9H2,1H3. The van der Waals surface area contributed by atoms with Crippen LogP contribution in [0, 0.1) is 0 Å². The number of hydrogen-bond acceptors (Lipinski definition) is 3. The highest BCUT2D eigenvalue weighted by Crippen LogP contribution is 2.28. The Bertz CT molecular complexity index is 608. The predicted octanol–water partition coefficient (Wildman–Crippen LogP) is 3.83. The van der Waals surface area contributed by atoms with Crippen LogP contribution in [-0.2, 0) is 6.61 Å². The van der Waals surface area contributed by atoms with E-state index in [4.69, 9.17) is 16.3 Å². The SMILES string of the molecule is CC(=O)c1ccc(OCc2ccccc2Cl)c(O)c1. The zero-order valence-electron chi connectivity index (χ0n) is 10.4. The molecule has 0 radical (unpaired) electrons. The summed E-state index contributed by atoms with van der Waals surface area (Å²) < 4.78 is 5.49. The van der Waals surface area contributed by atoms with Crippen LogP contribution in [0.25, 0.3) is 0 Å². The minimum atomic E-state index is -0.104. The van der Waals surface area contributed by atoms with Gasteiger partial charge in [0.1, 0.15) is 6.61 Å². The summed E-state index contributed by atoms with van der Waals surface area (Å²) in [7, 11) is 0. The number of halogens is 1. The van der Waals surface area contributed by atoms with Gasteiger partial charge in [0.2, 0.25) is 0 Å². The number of phenols is 1. The van der Waals surface area contributed by atoms with Crippen molar-refractivity contribution in [3.63, 3.8) is 0 Å². The summed E-state index contributed by atoms with van der Waals surface area (Å²) in [6, 6.07) is 11.9. The van der Waals surface area contributed by atoms with Crippen LogP contribution in [0.3, 0.4) is 0 Å². The Kier molecular flexibility index (Phi) is 4.07. The fraction of sp³-hybridized carbons (Fsp3) is 0.133. The molecule has 2 rings (SSSR count). The first-order chi connectivity index (χ1) is 9.08. The molecular weight excluding hydrogens is 264 g/mol. The number of benzene rings is 2. The predicted molar refractivity (Wildman–Crippen MR) is 73.9 cm³/mol. The Balaban J connectivity index is 2.12. The molecule has 2 aromatic carbocycles. The van der Waals surface area contributed by atoms with Crippen molar-refractivity contribution in [1.82, 2.24) is 0 Å². The van der Waals surface area contributed by atoms with Gasteiger partial charge in [0.15, 0.2) is 17.3 Å². The fourth-order valence-corrected chi connectivity index (χ4v) is 1.82. The fourth-order valence-electron chi connectivity index (χ4n) is 1.63. The number of phenolic OH excluding ortho intramolecular Hbond substituents is 1. The van der Waals surface area contributed by atoms with Gasteiger partial charge < -0.3 is 9.84 Å². The molecule has 0 saturated heterocycles. The van der Waals surface area contributed by atoms with Crippen LogP contribution in [-0.4, -0.2) is 10.9 Å².